The summed E-state index contributed by atoms with van der Waals surface area (Å²) in [5.41, 5.74) is 0.532. The van der Waals surface area contributed by atoms with Crippen molar-refractivity contribution in [2.75, 3.05) is 0 Å². The second kappa shape index (κ2) is 3.00. The van der Waals surface area contributed by atoms with Gasteiger partial charge in [0.1, 0.15) is 11.3 Å². The van der Waals surface area contributed by atoms with E-state index in [-0.39, 0.29) is 4.90 Å². The Morgan fingerprint density at radius 3 is 2.71 bits per heavy atom. The van der Waals surface area contributed by atoms with E-state index in [1.54, 1.807) is 25.1 Å². The average Bonchev–Trinajstić information content (AvgIpc) is 2.41. The molecular weight excluding hydrogens is 224 g/mol. The molecule has 0 saturated heterocycles. The number of hydrogen-bond donors (Lipinski definition) is 0. The first kappa shape index (κ1) is 9.55. The normalized spacial score (nSPS) is 12.1. The molecule has 0 fully saturated rings. The fourth-order valence-electron chi connectivity index (χ4n) is 1.37. The van der Waals surface area contributed by atoms with E-state index in [1.165, 1.54) is 6.07 Å². The van der Waals surface area contributed by atoms with Crippen LogP contribution in [0, 0.1) is 6.92 Å². The second-order valence-electron chi connectivity index (χ2n) is 2.96. The van der Waals surface area contributed by atoms with Crippen LogP contribution in [0.3, 0.4) is 0 Å². The summed E-state index contributed by atoms with van der Waals surface area (Å²) in [6.45, 7) is 1.75. The minimum Gasteiger partial charge on any atom is -0.461 e. The Bertz CT molecular complexity index is 583. The summed E-state index contributed by atoms with van der Waals surface area (Å²) in [4.78, 5) is 0.0912. The van der Waals surface area contributed by atoms with Crippen molar-refractivity contribution in [3.63, 3.8) is 0 Å². The molecule has 74 valence electrons. The van der Waals surface area contributed by atoms with E-state index in [2.05, 4.69) is 0 Å². The van der Waals surface area contributed by atoms with E-state index in [9.17, 15) is 8.42 Å². The average molecular weight is 231 g/mol. The van der Waals surface area contributed by atoms with Gasteiger partial charge in [-0.05, 0) is 25.1 Å². The van der Waals surface area contributed by atoms with Crippen LogP contribution in [-0.4, -0.2) is 8.42 Å². The van der Waals surface area contributed by atoms with Gasteiger partial charge in [0, 0.05) is 16.1 Å². The van der Waals surface area contributed by atoms with Crippen LogP contribution >= 0.6 is 10.7 Å². The molecule has 14 heavy (non-hydrogen) atoms. The summed E-state index contributed by atoms with van der Waals surface area (Å²) in [7, 11) is 1.57. The lowest BCUT2D eigenvalue weighted by Gasteiger charge is -1.95. The van der Waals surface area contributed by atoms with Crippen molar-refractivity contribution < 1.29 is 12.8 Å². The fourth-order valence-corrected chi connectivity index (χ4v) is 2.44. The lowest BCUT2D eigenvalue weighted by molar-refractivity contribution is 0.578. The van der Waals surface area contributed by atoms with Gasteiger partial charge in [0.15, 0.2) is 0 Å². The van der Waals surface area contributed by atoms with E-state index >= 15 is 0 Å². The first-order valence-electron chi connectivity index (χ1n) is 3.92. The Hall–Kier alpha value is -1.00. The van der Waals surface area contributed by atoms with Crippen molar-refractivity contribution >= 4 is 30.7 Å². The molecule has 0 atom stereocenters. The van der Waals surface area contributed by atoms with Crippen LogP contribution in [0.4, 0.5) is 0 Å². The Balaban J connectivity index is 2.90. The first-order chi connectivity index (χ1) is 6.48. The van der Waals surface area contributed by atoms with Crippen LogP contribution in [0.2, 0.25) is 0 Å². The Morgan fingerprint density at radius 2 is 2.07 bits per heavy atom. The highest BCUT2D eigenvalue weighted by atomic mass is 35.7. The highest BCUT2D eigenvalue weighted by molar-refractivity contribution is 8.14. The van der Waals surface area contributed by atoms with Gasteiger partial charge in [-0.25, -0.2) is 8.42 Å². The van der Waals surface area contributed by atoms with E-state index in [0.29, 0.717) is 16.7 Å². The number of aryl methyl sites for hydroxylation is 1. The van der Waals surface area contributed by atoms with Crippen molar-refractivity contribution in [1.29, 1.82) is 0 Å². The minimum absolute atomic E-state index is 0.0912. The predicted octanol–water partition coefficient (Wildman–Crippen LogP) is 2.67. The number of furan rings is 1. The smallest absolute Gasteiger partial charge is 0.262 e. The molecule has 0 saturated carbocycles. The van der Waals surface area contributed by atoms with Gasteiger partial charge in [0.05, 0.1) is 4.90 Å². The molecule has 5 heteroatoms. The summed E-state index contributed by atoms with van der Waals surface area (Å²) in [6.07, 6.45) is 0. The third-order valence-electron chi connectivity index (χ3n) is 1.91. The van der Waals surface area contributed by atoms with Crippen LogP contribution in [-0.2, 0) is 9.05 Å². The molecule has 2 aromatic rings. The number of fused-ring (bicyclic) bond motifs is 1. The maximum Gasteiger partial charge on any atom is 0.262 e. The molecule has 0 aliphatic carbocycles. The lowest BCUT2D eigenvalue weighted by atomic mass is 10.2. The maximum absolute atomic E-state index is 11.2. The van der Waals surface area contributed by atoms with Crippen molar-refractivity contribution in [2.24, 2.45) is 0 Å². The number of rotatable bonds is 1. The van der Waals surface area contributed by atoms with Crippen molar-refractivity contribution in [3.8, 4) is 0 Å². The van der Waals surface area contributed by atoms with E-state index < -0.39 is 9.05 Å². The summed E-state index contributed by atoms with van der Waals surface area (Å²) in [5, 5.41) is 0.528. The molecular formula is C9H7ClO3S. The SMILES string of the molecule is Cc1cc2c(S(=O)(=O)Cl)cccc2o1. The van der Waals surface area contributed by atoms with Crippen molar-refractivity contribution in [1.82, 2.24) is 0 Å². The highest BCUT2D eigenvalue weighted by Gasteiger charge is 2.15. The summed E-state index contributed by atoms with van der Waals surface area (Å²) in [6, 6.07) is 6.42. The summed E-state index contributed by atoms with van der Waals surface area (Å²) in [5.74, 6) is 0.660. The zero-order valence-corrected chi connectivity index (χ0v) is 8.89. The van der Waals surface area contributed by atoms with Gasteiger partial charge in [0.25, 0.3) is 9.05 Å². The molecule has 0 radical (unpaired) electrons. The van der Waals surface area contributed by atoms with Crippen LogP contribution in [0.25, 0.3) is 11.0 Å². The standard InChI is InChI=1S/C9H7ClO3S/c1-6-5-7-8(13-6)3-2-4-9(7)14(10,11)12/h2-5H,1H3. The molecule has 0 spiro atoms. The van der Waals surface area contributed by atoms with Gasteiger partial charge in [-0.3, -0.25) is 0 Å². The second-order valence-corrected chi connectivity index (χ2v) is 5.50. The molecule has 1 aromatic heterocycles. The first-order valence-corrected chi connectivity index (χ1v) is 6.23. The molecule has 1 heterocycles. The van der Waals surface area contributed by atoms with Gasteiger partial charge in [-0.1, -0.05) is 6.07 Å². The van der Waals surface area contributed by atoms with E-state index in [1.807, 2.05) is 0 Å². The quantitative estimate of drug-likeness (QED) is 0.708. The Morgan fingerprint density at radius 1 is 1.36 bits per heavy atom. The molecule has 0 amide bonds. The molecule has 0 aliphatic heterocycles. The van der Waals surface area contributed by atoms with Crippen LogP contribution in [0.1, 0.15) is 5.76 Å². The molecule has 0 N–H and O–H groups in total. The molecule has 2 rings (SSSR count). The number of hydrogen-bond acceptors (Lipinski definition) is 3. The van der Waals surface area contributed by atoms with Crippen LogP contribution in [0.5, 0.6) is 0 Å². The van der Waals surface area contributed by atoms with Gasteiger partial charge in [-0.2, -0.15) is 0 Å². The fraction of sp³-hybridized carbons (Fsp3) is 0.111. The van der Waals surface area contributed by atoms with E-state index in [0.717, 1.165) is 0 Å². The summed E-state index contributed by atoms with van der Waals surface area (Å²) < 4.78 is 27.6. The topological polar surface area (TPSA) is 47.3 Å². The molecule has 0 aliphatic rings. The monoisotopic (exact) mass is 230 g/mol. The molecule has 1 aromatic carbocycles. The molecule has 0 bridgehead atoms. The lowest BCUT2D eigenvalue weighted by Crippen LogP contribution is -1.89. The Kier molecular flexibility index (Phi) is 2.05. The largest absolute Gasteiger partial charge is 0.461 e. The molecule has 3 nitrogen and oxygen atoms in total. The van der Waals surface area contributed by atoms with Crippen LogP contribution < -0.4 is 0 Å². The van der Waals surface area contributed by atoms with Gasteiger partial charge in [-0.15, -0.1) is 0 Å². The number of benzene rings is 1. The van der Waals surface area contributed by atoms with Crippen molar-refractivity contribution in [3.05, 3.63) is 30.0 Å². The van der Waals surface area contributed by atoms with Gasteiger partial charge < -0.3 is 4.42 Å². The van der Waals surface area contributed by atoms with Gasteiger partial charge in [0.2, 0.25) is 0 Å². The Labute approximate surface area is 85.7 Å². The number of halogens is 1. The summed E-state index contributed by atoms with van der Waals surface area (Å²) >= 11 is 0. The highest BCUT2D eigenvalue weighted by Crippen LogP contribution is 2.27. The zero-order chi connectivity index (χ0) is 10.3. The maximum atomic E-state index is 11.2. The van der Waals surface area contributed by atoms with Crippen molar-refractivity contribution in [2.45, 2.75) is 11.8 Å². The van der Waals surface area contributed by atoms with Crippen LogP contribution in [0.15, 0.2) is 33.6 Å². The van der Waals surface area contributed by atoms with E-state index in [4.69, 9.17) is 15.1 Å². The molecule has 0 unspecified atom stereocenters. The minimum atomic E-state index is -3.70. The third kappa shape index (κ3) is 1.51. The van der Waals surface area contributed by atoms with Gasteiger partial charge >= 0.3 is 0 Å². The zero-order valence-electron chi connectivity index (χ0n) is 7.32. The third-order valence-corrected chi connectivity index (χ3v) is 3.29. The predicted molar refractivity (Wildman–Crippen MR) is 54.0 cm³/mol.